The molecule has 0 aromatic heterocycles. The summed E-state index contributed by atoms with van der Waals surface area (Å²) in [6.45, 7) is 1.63. The van der Waals surface area contributed by atoms with E-state index in [-0.39, 0.29) is 14.9 Å². The lowest BCUT2D eigenvalue weighted by atomic mass is 10.1. The van der Waals surface area contributed by atoms with Gasteiger partial charge in [-0.05, 0) is 48.4 Å². The van der Waals surface area contributed by atoms with Crippen molar-refractivity contribution in [1.82, 2.24) is 5.32 Å². The quantitative estimate of drug-likeness (QED) is 0.469. The Morgan fingerprint density at radius 2 is 2.37 bits per heavy atom. The van der Waals surface area contributed by atoms with Gasteiger partial charge in [0, 0.05) is 24.7 Å². The predicted molar refractivity (Wildman–Crippen MR) is 79.9 cm³/mol. The standard InChI is InChI=1S/C12H15FIN3O2/c13-9-6-11(12(17(18)19)7-10(9)14)16-5-3-8-2-1-4-15-8/h6-8,15-16H,1-5H2. The molecule has 1 heterocycles. The molecule has 2 rings (SSSR count). The molecule has 0 radical (unpaired) electrons. The first kappa shape index (κ1) is 14.4. The molecular formula is C12H15FIN3O2. The minimum atomic E-state index is -0.488. The number of nitro groups is 1. The largest absolute Gasteiger partial charge is 0.379 e. The second-order valence-electron chi connectivity index (χ2n) is 4.55. The average molecular weight is 379 g/mol. The van der Waals surface area contributed by atoms with E-state index in [0.717, 1.165) is 19.4 Å². The highest BCUT2D eigenvalue weighted by molar-refractivity contribution is 14.1. The summed E-state index contributed by atoms with van der Waals surface area (Å²) < 4.78 is 13.7. The van der Waals surface area contributed by atoms with E-state index in [9.17, 15) is 14.5 Å². The maximum absolute atomic E-state index is 13.5. The van der Waals surface area contributed by atoms with Crippen LogP contribution in [0, 0.1) is 19.5 Å². The third-order valence-electron chi connectivity index (χ3n) is 3.21. The molecule has 1 saturated heterocycles. The highest BCUT2D eigenvalue weighted by Gasteiger charge is 2.18. The van der Waals surface area contributed by atoms with Crippen molar-refractivity contribution in [2.75, 3.05) is 18.4 Å². The third-order valence-corrected chi connectivity index (χ3v) is 4.03. The molecule has 2 N–H and O–H groups in total. The molecule has 1 unspecified atom stereocenters. The van der Waals surface area contributed by atoms with Crippen LogP contribution in [-0.2, 0) is 0 Å². The number of nitrogens with zero attached hydrogens (tertiary/aromatic N) is 1. The Morgan fingerprint density at radius 1 is 1.58 bits per heavy atom. The Morgan fingerprint density at radius 3 is 3.00 bits per heavy atom. The van der Waals surface area contributed by atoms with E-state index in [0.29, 0.717) is 12.6 Å². The SMILES string of the molecule is O=[N+]([O-])c1cc(I)c(F)cc1NCCC1CCCN1. The van der Waals surface area contributed by atoms with Gasteiger partial charge < -0.3 is 10.6 Å². The number of hydrogen-bond donors (Lipinski definition) is 2. The Balaban J connectivity index is 2.01. The van der Waals surface area contributed by atoms with Crippen molar-refractivity contribution in [3.05, 3.63) is 31.6 Å². The van der Waals surface area contributed by atoms with Crippen LogP contribution in [0.5, 0.6) is 0 Å². The van der Waals surface area contributed by atoms with E-state index in [2.05, 4.69) is 10.6 Å². The van der Waals surface area contributed by atoms with E-state index in [1.165, 1.54) is 18.6 Å². The summed E-state index contributed by atoms with van der Waals surface area (Å²) in [6.07, 6.45) is 3.18. The van der Waals surface area contributed by atoms with Crippen molar-refractivity contribution in [2.24, 2.45) is 0 Å². The molecule has 1 atom stereocenters. The van der Waals surface area contributed by atoms with E-state index in [1.54, 1.807) is 22.6 Å². The molecule has 1 aromatic rings. The van der Waals surface area contributed by atoms with Gasteiger partial charge in [0.1, 0.15) is 11.5 Å². The van der Waals surface area contributed by atoms with Gasteiger partial charge in [0.15, 0.2) is 0 Å². The molecule has 19 heavy (non-hydrogen) atoms. The number of nitro benzene ring substituents is 1. The number of hydrogen-bond acceptors (Lipinski definition) is 4. The Hall–Kier alpha value is -0.960. The molecule has 104 valence electrons. The van der Waals surface area contributed by atoms with Crippen molar-refractivity contribution in [3.63, 3.8) is 0 Å². The molecule has 0 spiro atoms. The lowest BCUT2D eigenvalue weighted by Crippen LogP contribution is -2.24. The zero-order valence-corrected chi connectivity index (χ0v) is 12.4. The summed E-state index contributed by atoms with van der Waals surface area (Å²) in [5.41, 5.74) is 0.172. The molecule has 1 fully saturated rings. The molecular weight excluding hydrogens is 364 g/mol. The normalized spacial score (nSPS) is 18.5. The summed E-state index contributed by atoms with van der Waals surface area (Å²) in [5, 5.41) is 17.2. The van der Waals surface area contributed by atoms with E-state index >= 15 is 0 Å². The van der Waals surface area contributed by atoms with Crippen LogP contribution in [0.2, 0.25) is 0 Å². The molecule has 7 heteroatoms. The van der Waals surface area contributed by atoms with Gasteiger partial charge in [-0.15, -0.1) is 0 Å². The van der Waals surface area contributed by atoms with Crippen molar-refractivity contribution in [1.29, 1.82) is 0 Å². The second-order valence-corrected chi connectivity index (χ2v) is 5.71. The number of halogens is 2. The van der Waals surface area contributed by atoms with Gasteiger partial charge in [-0.1, -0.05) is 0 Å². The minimum absolute atomic E-state index is 0.0785. The van der Waals surface area contributed by atoms with Crippen molar-refractivity contribution >= 4 is 34.0 Å². The third kappa shape index (κ3) is 3.75. The van der Waals surface area contributed by atoms with Gasteiger partial charge in [-0.3, -0.25) is 10.1 Å². The molecule has 1 aliphatic rings. The summed E-state index contributed by atoms with van der Waals surface area (Å²) in [7, 11) is 0. The van der Waals surface area contributed by atoms with Crippen LogP contribution >= 0.6 is 22.6 Å². The minimum Gasteiger partial charge on any atom is -0.379 e. The summed E-state index contributed by atoms with van der Waals surface area (Å²) >= 11 is 1.75. The van der Waals surface area contributed by atoms with Crippen LogP contribution in [0.4, 0.5) is 15.8 Å². The van der Waals surface area contributed by atoms with Crippen LogP contribution in [0.1, 0.15) is 19.3 Å². The average Bonchev–Trinajstić information content (AvgIpc) is 2.86. The van der Waals surface area contributed by atoms with Crippen LogP contribution in [0.15, 0.2) is 12.1 Å². The lowest BCUT2D eigenvalue weighted by molar-refractivity contribution is -0.384. The number of nitrogens with one attached hydrogen (secondary N) is 2. The number of rotatable bonds is 5. The maximum Gasteiger partial charge on any atom is 0.293 e. The first-order valence-electron chi connectivity index (χ1n) is 6.18. The summed E-state index contributed by atoms with van der Waals surface area (Å²) in [6, 6.07) is 2.91. The van der Waals surface area contributed by atoms with Gasteiger partial charge in [-0.2, -0.15) is 0 Å². The van der Waals surface area contributed by atoms with Crippen molar-refractivity contribution in [3.8, 4) is 0 Å². The lowest BCUT2D eigenvalue weighted by Gasteiger charge is -2.12. The van der Waals surface area contributed by atoms with E-state index in [1.807, 2.05) is 0 Å². The number of benzene rings is 1. The molecule has 0 saturated carbocycles. The zero-order valence-electron chi connectivity index (χ0n) is 10.3. The van der Waals surface area contributed by atoms with Crippen LogP contribution < -0.4 is 10.6 Å². The van der Waals surface area contributed by atoms with E-state index in [4.69, 9.17) is 0 Å². The first-order valence-corrected chi connectivity index (χ1v) is 7.26. The molecule has 1 aliphatic heterocycles. The maximum atomic E-state index is 13.5. The summed E-state index contributed by atoms with van der Waals surface area (Å²) in [5.74, 6) is -0.437. The Labute approximate surface area is 124 Å². The monoisotopic (exact) mass is 379 g/mol. The number of anilines is 1. The zero-order chi connectivity index (χ0) is 13.8. The topological polar surface area (TPSA) is 67.2 Å². The predicted octanol–water partition coefficient (Wildman–Crippen LogP) is 2.89. The Bertz CT molecular complexity index is 478. The van der Waals surface area contributed by atoms with Gasteiger partial charge in [0.05, 0.1) is 8.49 Å². The van der Waals surface area contributed by atoms with Crippen LogP contribution in [0.25, 0.3) is 0 Å². The highest BCUT2D eigenvalue weighted by atomic mass is 127. The van der Waals surface area contributed by atoms with Gasteiger partial charge in [-0.25, -0.2) is 4.39 Å². The fourth-order valence-electron chi connectivity index (χ4n) is 2.21. The Kier molecular flexibility index (Phi) is 4.92. The van der Waals surface area contributed by atoms with Crippen LogP contribution in [-0.4, -0.2) is 24.1 Å². The van der Waals surface area contributed by atoms with Crippen molar-refractivity contribution in [2.45, 2.75) is 25.3 Å². The summed E-state index contributed by atoms with van der Waals surface area (Å²) in [4.78, 5) is 10.4. The fourth-order valence-corrected chi connectivity index (χ4v) is 2.66. The van der Waals surface area contributed by atoms with Gasteiger partial charge in [0.25, 0.3) is 5.69 Å². The van der Waals surface area contributed by atoms with Crippen LogP contribution in [0.3, 0.4) is 0 Å². The first-order chi connectivity index (χ1) is 9.08. The molecule has 0 amide bonds. The smallest absolute Gasteiger partial charge is 0.293 e. The van der Waals surface area contributed by atoms with E-state index < -0.39 is 10.7 Å². The van der Waals surface area contributed by atoms with Crippen molar-refractivity contribution < 1.29 is 9.31 Å². The molecule has 0 aliphatic carbocycles. The molecule has 0 bridgehead atoms. The molecule has 5 nitrogen and oxygen atoms in total. The second kappa shape index (κ2) is 6.47. The van der Waals surface area contributed by atoms with Gasteiger partial charge >= 0.3 is 0 Å². The molecule has 1 aromatic carbocycles. The fraction of sp³-hybridized carbons (Fsp3) is 0.500. The van der Waals surface area contributed by atoms with Gasteiger partial charge in [0.2, 0.25) is 0 Å². The highest BCUT2D eigenvalue weighted by Crippen LogP contribution is 2.28.